The summed E-state index contributed by atoms with van der Waals surface area (Å²) >= 11 is 0. The Hall–Kier alpha value is -3.55. The van der Waals surface area contributed by atoms with Gasteiger partial charge in [0.1, 0.15) is 11.7 Å². The normalized spacial score (nSPS) is 15.7. The van der Waals surface area contributed by atoms with E-state index in [4.69, 9.17) is 19.9 Å². The Kier molecular flexibility index (Phi) is 5.25. The van der Waals surface area contributed by atoms with Crippen molar-refractivity contribution in [3.05, 3.63) is 59.2 Å². The molecule has 3 N–H and O–H groups in total. The minimum absolute atomic E-state index is 0.249. The molecule has 1 atom stereocenters. The number of methoxy groups -OCH3 is 2. The van der Waals surface area contributed by atoms with Gasteiger partial charge in [0.15, 0.2) is 11.5 Å². The summed E-state index contributed by atoms with van der Waals surface area (Å²) in [7, 11) is 2.96. The van der Waals surface area contributed by atoms with Crippen molar-refractivity contribution in [3.8, 4) is 11.5 Å². The molecule has 27 heavy (non-hydrogen) atoms. The van der Waals surface area contributed by atoms with Crippen molar-refractivity contribution in [2.24, 2.45) is 10.8 Å². The van der Waals surface area contributed by atoms with Crippen molar-refractivity contribution in [2.75, 3.05) is 14.2 Å². The van der Waals surface area contributed by atoms with Crippen molar-refractivity contribution in [2.45, 2.75) is 12.5 Å². The SMILES string of the molecule is COc1ccc2c(c1OC)C(=O)OC2C/C(=N\NC(N)=O)c1ccccc1. The summed E-state index contributed by atoms with van der Waals surface area (Å²) in [5.41, 5.74) is 9.65. The maximum atomic E-state index is 12.4. The fraction of sp³-hybridized carbons (Fsp3) is 0.211. The lowest BCUT2D eigenvalue weighted by atomic mass is 9.97. The number of hydrazone groups is 1. The van der Waals surface area contributed by atoms with E-state index in [1.54, 1.807) is 12.1 Å². The Labute approximate surface area is 155 Å². The zero-order valence-corrected chi connectivity index (χ0v) is 14.9. The van der Waals surface area contributed by atoms with Crippen LogP contribution in [0.15, 0.2) is 47.6 Å². The number of nitrogens with two attached hydrogens (primary N) is 1. The Balaban J connectivity index is 1.97. The summed E-state index contributed by atoms with van der Waals surface area (Å²) < 4.78 is 16.1. The molecule has 8 heteroatoms. The first-order valence-electron chi connectivity index (χ1n) is 8.18. The van der Waals surface area contributed by atoms with Crippen LogP contribution in [0.1, 0.15) is 34.0 Å². The number of hydrogen-bond acceptors (Lipinski definition) is 6. The second-order valence-corrected chi connectivity index (χ2v) is 5.76. The molecule has 0 aliphatic carbocycles. The standard InChI is InChI=1S/C19H19N3O5/c1-25-14-9-8-12-15(27-18(23)16(12)17(14)26-2)10-13(21-22-19(20)24)11-6-4-3-5-7-11/h3-9,15H,10H2,1-2H3,(H3,20,22,24)/b21-13+. The number of benzene rings is 2. The predicted octanol–water partition coefficient (Wildman–Crippen LogP) is 2.38. The van der Waals surface area contributed by atoms with Gasteiger partial charge in [-0.15, -0.1) is 0 Å². The average Bonchev–Trinajstić information content (AvgIpc) is 3.00. The number of cyclic esters (lactones) is 1. The van der Waals surface area contributed by atoms with Crippen molar-refractivity contribution >= 4 is 17.7 Å². The second kappa shape index (κ2) is 7.77. The summed E-state index contributed by atoms with van der Waals surface area (Å²) in [5.74, 6) is 0.276. The molecule has 8 nitrogen and oxygen atoms in total. The molecule has 3 rings (SSSR count). The molecule has 0 fully saturated rings. The number of nitrogens with zero attached hydrogens (tertiary/aromatic N) is 1. The molecule has 2 aromatic rings. The molecular weight excluding hydrogens is 350 g/mol. The summed E-state index contributed by atoms with van der Waals surface area (Å²) in [6.07, 6.45) is -0.334. The molecule has 1 unspecified atom stereocenters. The van der Waals surface area contributed by atoms with Crippen LogP contribution in [0.3, 0.4) is 0 Å². The van der Waals surface area contributed by atoms with Gasteiger partial charge in [0.25, 0.3) is 0 Å². The van der Waals surface area contributed by atoms with Gasteiger partial charge in [0.05, 0.1) is 19.9 Å². The van der Waals surface area contributed by atoms with Crippen molar-refractivity contribution in [1.82, 2.24) is 5.43 Å². The van der Waals surface area contributed by atoms with E-state index in [9.17, 15) is 9.59 Å². The smallest absolute Gasteiger partial charge is 0.343 e. The van der Waals surface area contributed by atoms with E-state index in [0.29, 0.717) is 28.3 Å². The largest absolute Gasteiger partial charge is 0.493 e. The lowest BCUT2D eigenvalue weighted by molar-refractivity contribution is 0.0398. The van der Waals surface area contributed by atoms with Crippen LogP contribution in [0, 0.1) is 0 Å². The molecule has 0 spiro atoms. The van der Waals surface area contributed by atoms with Crippen LogP contribution in [-0.4, -0.2) is 31.9 Å². The number of amides is 2. The van der Waals surface area contributed by atoms with Crippen molar-refractivity contribution in [1.29, 1.82) is 0 Å². The molecule has 1 aliphatic rings. The summed E-state index contributed by atoms with van der Waals surface area (Å²) in [5, 5.41) is 4.08. The minimum atomic E-state index is -0.779. The number of primary amides is 1. The molecule has 2 aromatic carbocycles. The number of carbonyl (C=O) groups is 2. The number of esters is 1. The van der Waals surface area contributed by atoms with Gasteiger partial charge >= 0.3 is 12.0 Å². The van der Waals surface area contributed by atoms with E-state index in [1.807, 2.05) is 30.3 Å². The van der Waals surface area contributed by atoms with Gasteiger partial charge in [-0.2, -0.15) is 5.10 Å². The van der Waals surface area contributed by atoms with E-state index in [0.717, 1.165) is 5.56 Å². The monoisotopic (exact) mass is 369 g/mol. The Morgan fingerprint density at radius 3 is 2.56 bits per heavy atom. The first-order chi connectivity index (χ1) is 13.0. The number of ether oxygens (including phenoxy) is 3. The zero-order valence-electron chi connectivity index (χ0n) is 14.9. The van der Waals surface area contributed by atoms with Gasteiger partial charge in [0.2, 0.25) is 0 Å². The molecule has 0 radical (unpaired) electrons. The summed E-state index contributed by atoms with van der Waals surface area (Å²) in [6, 6.07) is 11.9. The molecule has 1 heterocycles. The molecule has 140 valence electrons. The lowest BCUT2D eigenvalue weighted by Crippen LogP contribution is -2.26. The maximum Gasteiger partial charge on any atom is 0.343 e. The summed E-state index contributed by atoms with van der Waals surface area (Å²) in [6.45, 7) is 0. The van der Waals surface area contributed by atoms with Gasteiger partial charge < -0.3 is 19.9 Å². The van der Waals surface area contributed by atoms with E-state index in [1.165, 1.54) is 14.2 Å². The first kappa shape index (κ1) is 18.2. The van der Waals surface area contributed by atoms with Crippen LogP contribution in [0.4, 0.5) is 4.79 Å². The van der Waals surface area contributed by atoms with E-state index in [-0.39, 0.29) is 6.42 Å². The van der Waals surface area contributed by atoms with E-state index in [2.05, 4.69) is 10.5 Å². The van der Waals surface area contributed by atoms with Crippen molar-refractivity contribution < 1.29 is 23.8 Å². The van der Waals surface area contributed by atoms with Crippen LogP contribution >= 0.6 is 0 Å². The second-order valence-electron chi connectivity index (χ2n) is 5.76. The Morgan fingerprint density at radius 1 is 1.19 bits per heavy atom. The van der Waals surface area contributed by atoms with Gasteiger partial charge in [-0.25, -0.2) is 15.0 Å². The highest BCUT2D eigenvalue weighted by Crippen LogP contribution is 2.43. The molecule has 1 aliphatic heterocycles. The third kappa shape index (κ3) is 3.69. The fourth-order valence-corrected chi connectivity index (χ4v) is 2.98. The molecule has 0 aromatic heterocycles. The highest BCUT2D eigenvalue weighted by atomic mass is 16.6. The molecule has 0 saturated carbocycles. The van der Waals surface area contributed by atoms with Crippen molar-refractivity contribution in [3.63, 3.8) is 0 Å². The maximum absolute atomic E-state index is 12.4. The average molecular weight is 369 g/mol. The van der Waals surface area contributed by atoms with Crippen LogP contribution in [-0.2, 0) is 4.74 Å². The molecular formula is C19H19N3O5. The number of rotatable bonds is 6. The number of nitrogens with one attached hydrogen (secondary N) is 1. The van der Waals surface area contributed by atoms with Gasteiger partial charge in [-0.3, -0.25) is 0 Å². The van der Waals surface area contributed by atoms with Crippen LogP contribution < -0.4 is 20.6 Å². The third-order valence-electron chi connectivity index (χ3n) is 4.16. The molecule has 2 amide bonds. The lowest BCUT2D eigenvalue weighted by Gasteiger charge is -2.14. The van der Waals surface area contributed by atoms with E-state index < -0.39 is 18.1 Å². The third-order valence-corrected chi connectivity index (χ3v) is 4.16. The highest BCUT2D eigenvalue weighted by Gasteiger charge is 2.36. The van der Waals surface area contributed by atoms with Gasteiger partial charge in [-0.05, 0) is 11.6 Å². The Bertz CT molecular complexity index is 896. The molecule has 0 saturated heterocycles. The summed E-state index contributed by atoms with van der Waals surface area (Å²) in [4.78, 5) is 23.5. The number of fused-ring (bicyclic) bond motifs is 1. The van der Waals surface area contributed by atoms with Crippen LogP contribution in [0.25, 0.3) is 0 Å². The molecule has 0 bridgehead atoms. The van der Waals surface area contributed by atoms with E-state index >= 15 is 0 Å². The quantitative estimate of drug-likeness (QED) is 0.461. The van der Waals surface area contributed by atoms with Gasteiger partial charge in [-0.1, -0.05) is 36.4 Å². The van der Waals surface area contributed by atoms with Crippen LogP contribution in [0.5, 0.6) is 11.5 Å². The number of carbonyl (C=O) groups excluding carboxylic acids is 2. The topological polar surface area (TPSA) is 112 Å². The first-order valence-corrected chi connectivity index (χ1v) is 8.18. The fourth-order valence-electron chi connectivity index (χ4n) is 2.98. The Morgan fingerprint density at radius 2 is 1.93 bits per heavy atom. The highest BCUT2D eigenvalue weighted by molar-refractivity contribution is 6.03. The number of hydrogen-bond donors (Lipinski definition) is 2. The van der Waals surface area contributed by atoms with Crippen LogP contribution in [0.2, 0.25) is 0 Å². The van der Waals surface area contributed by atoms with Gasteiger partial charge in [0, 0.05) is 12.0 Å². The zero-order chi connectivity index (χ0) is 19.4. The predicted molar refractivity (Wildman–Crippen MR) is 98.0 cm³/mol. The minimum Gasteiger partial charge on any atom is -0.493 e. The number of urea groups is 1.